The molecule has 1 atom stereocenters. The molecule has 0 radical (unpaired) electrons. The van der Waals surface area contributed by atoms with Gasteiger partial charge in [0.25, 0.3) is 0 Å². The topological polar surface area (TPSA) is 41.5 Å². The Balaban J connectivity index is 1.71. The van der Waals surface area contributed by atoms with Crippen LogP contribution in [-0.2, 0) is 0 Å². The Labute approximate surface area is 116 Å². The van der Waals surface area contributed by atoms with Gasteiger partial charge >= 0.3 is 0 Å². The number of aliphatic hydroxyl groups excluding tert-OH is 1. The molecule has 0 aliphatic heterocycles. The maximum Gasteiger partial charge on any atom is 0.119 e. The third-order valence-electron chi connectivity index (χ3n) is 3.63. The molecule has 2 N–H and O–H groups in total. The Morgan fingerprint density at radius 2 is 1.84 bits per heavy atom. The van der Waals surface area contributed by atoms with Crippen LogP contribution in [0.3, 0.4) is 0 Å². The molecule has 1 fully saturated rings. The average molecular weight is 263 g/mol. The Bertz CT molecular complexity index is 379. The first-order chi connectivity index (χ1) is 9.13. The summed E-state index contributed by atoms with van der Waals surface area (Å²) >= 11 is 0. The molecule has 0 heterocycles. The summed E-state index contributed by atoms with van der Waals surface area (Å²) in [5, 5.41) is 13.3. The Kier molecular flexibility index (Phi) is 5.23. The van der Waals surface area contributed by atoms with Gasteiger partial charge in [-0.25, -0.2) is 0 Å². The van der Waals surface area contributed by atoms with Crippen molar-refractivity contribution in [2.45, 2.75) is 51.7 Å². The van der Waals surface area contributed by atoms with Gasteiger partial charge in [0, 0.05) is 12.6 Å². The molecule has 0 aromatic heterocycles. The second-order valence-electron chi connectivity index (χ2n) is 5.68. The number of hydrogen-bond donors (Lipinski definition) is 2. The highest BCUT2D eigenvalue weighted by molar-refractivity contribution is 5.32. The second kappa shape index (κ2) is 6.92. The summed E-state index contributed by atoms with van der Waals surface area (Å²) in [6.45, 7) is 5.08. The molecular formula is C16H25NO2. The number of rotatable bonds is 6. The minimum Gasteiger partial charge on any atom is -0.491 e. The summed E-state index contributed by atoms with van der Waals surface area (Å²) in [5.74, 6) is 0.845. The molecule has 3 heteroatoms. The lowest BCUT2D eigenvalue weighted by Crippen LogP contribution is -2.36. The molecule has 2 rings (SSSR count). The van der Waals surface area contributed by atoms with Gasteiger partial charge in [-0.05, 0) is 49.9 Å². The molecule has 0 amide bonds. The quantitative estimate of drug-likeness (QED) is 0.829. The number of aryl methyl sites for hydroxylation is 2. The van der Waals surface area contributed by atoms with Gasteiger partial charge in [-0.3, -0.25) is 0 Å². The van der Waals surface area contributed by atoms with Crippen LogP contribution in [0.2, 0.25) is 0 Å². The third kappa shape index (κ3) is 4.84. The van der Waals surface area contributed by atoms with E-state index in [0.717, 1.165) is 5.75 Å². The molecular weight excluding hydrogens is 238 g/mol. The third-order valence-corrected chi connectivity index (χ3v) is 3.63. The summed E-state index contributed by atoms with van der Waals surface area (Å²) < 4.78 is 5.65. The first-order valence-corrected chi connectivity index (χ1v) is 7.26. The first kappa shape index (κ1) is 14.4. The smallest absolute Gasteiger partial charge is 0.119 e. The standard InChI is InChI=1S/C16H25NO2/c1-12-7-13(2)9-16(8-12)19-11-15(18)10-17-14-5-3-4-6-14/h7-9,14-15,17-18H,3-6,10-11H2,1-2H3. The van der Waals surface area contributed by atoms with Gasteiger partial charge in [-0.15, -0.1) is 0 Å². The molecule has 3 nitrogen and oxygen atoms in total. The molecule has 1 aliphatic carbocycles. The zero-order valence-electron chi connectivity index (χ0n) is 12.0. The fraction of sp³-hybridized carbons (Fsp3) is 0.625. The summed E-state index contributed by atoms with van der Waals surface area (Å²) in [7, 11) is 0. The average Bonchev–Trinajstić information content (AvgIpc) is 2.86. The van der Waals surface area contributed by atoms with E-state index in [-0.39, 0.29) is 0 Å². The van der Waals surface area contributed by atoms with Crippen LogP contribution in [-0.4, -0.2) is 30.4 Å². The molecule has 0 bridgehead atoms. The summed E-state index contributed by atoms with van der Waals surface area (Å²) in [6.07, 6.45) is 4.66. The van der Waals surface area contributed by atoms with E-state index in [4.69, 9.17) is 4.74 Å². The Morgan fingerprint density at radius 1 is 1.21 bits per heavy atom. The summed E-state index contributed by atoms with van der Waals surface area (Å²) in [5.41, 5.74) is 2.38. The zero-order chi connectivity index (χ0) is 13.7. The van der Waals surface area contributed by atoms with Crippen molar-refractivity contribution in [1.29, 1.82) is 0 Å². The molecule has 1 aliphatic rings. The van der Waals surface area contributed by atoms with Crippen LogP contribution in [0.5, 0.6) is 5.75 Å². The Hall–Kier alpha value is -1.06. The van der Waals surface area contributed by atoms with Crippen LogP contribution in [0.15, 0.2) is 18.2 Å². The maximum atomic E-state index is 9.92. The van der Waals surface area contributed by atoms with Crippen LogP contribution in [0, 0.1) is 13.8 Å². The monoisotopic (exact) mass is 263 g/mol. The fourth-order valence-electron chi connectivity index (χ4n) is 2.70. The highest BCUT2D eigenvalue weighted by Gasteiger charge is 2.15. The normalized spacial score (nSPS) is 17.6. The van der Waals surface area contributed by atoms with E-state index >= 15 is 0 Å². The SMILES string of the molecule is Cc1cc(C)cc(OCC(O)CNC2CCCC2)c1. The molecule has 1 unspecified atom stereocenters. The Morgan fingerprint density at radius 3 is 2.47 bits per heavy atom. The van der Waals surface area contributed by atoms with Crippen molar-refractivity contribution in [3.8, 4) is 5.75 Å². The van der Waals surface area contributed by atoms with Gasteiger partial charge in [0.1, 0.15) is 18.5 Å². The van der Waals surface area contributed by atoms with Gasteiger partial charge in [0.2, 0.25) is 0 Å². The summed E-state index contributed by atoms with van der Waals surface area (Å²) in [4.78, 5) is 0. The largest absolute Gasteiger partial charge is 0.491 e. The van der Waals surface area contributed by atoms with Crippen molar-refractivity contribution in [2.75, 3.05) is 13.2 Å². The molecule has 0 saturated heterocycles. The lowest BCUT2D eigenvalue weighted by atomic mass is 10.1. The van der Waals surface area contributed by atoms with E-state index in [1.54, 1.807) is 0 Å². The van der Waals surface area contributed by atoms with E-state index in [1.165, 1.54) is 36.8 Å². The predicted octanol–water partition coefficient (Wildman–Crippen LogP) is 2.58. The van der Waals surface area contributed by atoms with Gasteiger partial charge in [-0.1, -0.05) is 18.9 Å². The zero-order valence-corrected chi connectivity index (χ0v) is 12.0. The van der Waals surface area contributed by atoms with Gasteiger partial charge in [0.15, 0.2) is 0 Å². The number of nitrogens with one attached hydrogen (secondary N) is 1. The van der Waals surface area contributed by atoms with Crippen molar-refractivity contribution < 1.29 is 9.84 Å². The van der Waals surface area contributed by atoms with Crippen molar-refractivity contribution in [1.82, 2.24) is 5.32 Å². The highest BCUT2D eigenvalue weighted by atomic mass is 16.5. The first-order valence-electron chi connectivity index (χ1n) is 7.26. The molecule has 106 valence electrons. The van der Waals surface area contributed by atoms with Crippen LogP contribution in [0.4, 0.5) is 0 Å². The summed E-state index contributed by atoms with van der Waals surface area (Å²) in [6, 6.07) is 6.72. The van der Waals surface area contributed by atoms with Crippen molar-refractivity contribution in [3.05, 3.63) is 29.3 Å². The number of aliphatic hydroxyl groups is 1. The van der Waals surface area contributed by atoms with Gasteiger partial charge in [0.05, 0.1) is 0 Å². The van der Waals surface area contributed by atoms with E-state index in [9.17, 15) is 5.11 Å². The lowest BCUT2D eigenvalue weighted by Gasteiger charge is -2.17. The van der Waals surface area contributed by atoms with Crippen LogP contribution < -0.4 is 10.1 Å². The van der Waals surface area contributed by atoms with E-state index in [1.807, 2.05) is 12.1 Å². The van der Waals surface area contributed by atoms with E-state index in [0.29, 0.717) is 19.2 Å². The number of benzene rings is 1. The van der Waals surface area contributed by atoms with Crippen LogP contribution >= 0.6 is 0 Å². The van der Waals surface area contributed by atoms with E-state index < -0.39 is 6.10 Å². The fourth-order valence-corrected chi connectivity index (χ4v) is 2.70. The minimum atomic E-state index is -0.443. The maximum absolute atomic E-state index is 9.92. The predicted molar refractivity (Wildman–Crippen MR) is 77.7 cm³/mol. The van der Waals surface area contributed by atoms with Crippen molar-refractivity contribution in [3.63, 3.8) is 0 Å². The molecule has 1 saturated carbocycles. The van der Waals surface area contributed by atoms with Crippen molar-refractivity contribution in [2.24, 2.45) is 0 Å². The number of ether oxygens (including phenoxy) is 1. The highest BCUT2D eigenvalue weighted by Crippen LogP contribution is 2.18. The molecule has 0 spiro atoms. The molecule has 1 aromatic rings. The second-order valence-corrected chi connectivity index (χ2v) is 5.68. The van der Waals surface area contributed by atoms with Crippen LogP contribution in [0.25, 0.3) is 0 Å². The van der Waals surface area contributed by atoms with Gasteiger partial charge in [-0.2, -0.15) is 0 Å². The molecule has 1 aromatic carbocycles. The van der Waals surface area contributed by atoms with E-state index in [2.05, 4.69) is 25.2 Å². The van der Waals surface area contributed by atoms with Crippen LogP contribution in [0.1, 0.15) is 36.8 Å². The number of hydrogen-bond acceptors (Lipinski definition) is 3. The minimum absolute atomic E-state index is 0.350. The van der Waals surface area contributed by atoms with Gasteiger partial charge < -0.3 is 15.2 Å². The molecule has 19 heavy (non-hydrogen) atoms. The van der Waals surface area contributed by atoms with Crippen molar-refractivity contribution >= 4 is 0 Å². The lowest BCUT2D eigenvalue weighted by molar-refractivity contribution is 0.104.